The van der Waals surface area contributed by atoms with Gasteiger partial charge in [-0.3, -0.25) is 18.7 Å². The summed E-state index contributed by atoms with van der Waals surface area (Å²) in [6.07, 6.45) is -5.45. The summed E-state index contributed by atoms with van der Waals surface area (Å²) in [6.45, 7) is -1.30. The van der Waals surface area contributed by atoms with Gasteiger partial charge in [0, 0.05) is 17.8 Å². The van der Waals surface area contributed by atoms with E-state index < -0.39 is 60.6 Å². The SMILES string of the molecule is O=C(Cn1c(=O)ccn([C@@H]2O[C@@H](CO)[C@@H](O)[C@H]2F)c1=O)c1ccc(F)cc1. The number of aromatic nitrogens is 2. The Kier molecular flexibility index (Phi) is 5.31. The van der Waals surface area contributed by atoms with Gasteiger partial charge in [0.05, 0.1) is 13.2 Å². The van der Waals surface area contributed by atoms with E-state index in [0.29, 0.717) is 4.57 Å². The minimum Gasteiger partial charge on any atom is -0.394 e. The number of ether oxygens (including phenoxy) is 1. The molecule has 0 spiro atoms. The highest BCUT2D eigenvalue weighted by Gasteiger charge is 2.45. The van der Waals surface area contributed by atoms with E-state index >= 15 is 0 Å². The highest BCUT2D eigenvalue weighted by Crippen LogP contribution is 2.30. The molecule has 144 valence electrons. The fourth-order valence-electron chi connectivity index (χ4n) is 2.82. The molecule has 0 saturated carbocycles. The number of hydrogen-bond acceptors (Lipinski definition) is 6. The van der Waals surface area contributed by atoms with E-state index in [-0.39, 0.29) is 5.56 Å². The van der Waals surface area contributed by atoms with Gasteiger partial charge in [-0.25, -0.2) is 13.6 Å². The molecule has 1 saturated heterocycles. The van der Waals surface area contributed by atoms with Crippen LogP contribution in [0.4, 0.5) is 8.78 Å². The number of nitrogens with zero attached hydrogens (tertiary/aromatic N) is 2. The average molecular weight is 382 g/mol. The molecule has 2 aromatic rings. The van der Waals surface area contributed by atoms with Gasteiger partial charge in [-0.2, -0.15) is 0 Å². The fourth-order valence-corrected chi connectivity index (χ4v) is 2.82. The van der Waals surface area contributed by atoms with Crippen LogP contribution in [0.5, 0.6) is 0 Å². The summed E-state index contributed by atoms with van der Waals surface area (Å²) in [4.78, 5) is 36.8. The van der Waals surface area contributed by atoms with Crippen LogP contribution in [-0.2, 0) is 11.3 Å². The summed E-state index contributed by atoms with van der Waals surface area (Å²) in [6, 6.07) is 5.51. The molecule has 0 amide bonds. The quantitative estimate of drug-likeness (QED) is 0.682. The highest BCUT2D eigenvalue weighted by atomic mass is 19.1. The summed E-state index contributed by atoms with van der Waals surface area (Å²) in [5, 5.41) is 18.8. The number of Topliss-reactive ketones (excluding diaryl/α,β-unsaturated/α-hetero) is 1. The third kappa shape index (κ3) is 3.59. The maximum Gasteiger partial charge on any atom is 0.333 e. The van der Waals surface area contributed by atoms with E-state index in [2.05, 4.69) is 0 Å². The lowest BCUT2D eigenvalue weighted by Crippen LogP contribution is -2.43. The van der Waals surface area contributed by atoms with E-state index in [4.69, 9.17) is 9.84 Å². The van der Waals surface area contributed by atoms with E-state index in [1.165, 1.54) is 12.1 Å². The molecule has 8 nitrogen and oxygen atoms in total. The molecule has 1 aliphatic rings. The van der Waals surface area contributed by atoms with Crippen molar-refractivity contribution in [2.45, 2.75) is 31.2 Å². The molecule has 27 heavy (non-hydrogen) atoms. The second-order valence-corrected chi connectivity index (χ2v) is 6.04. The van der Waals surface area contributed by atoms with Gasteiger partial charge in [-0.15, -0.1) is 0 Å². The Bertz CT molecular complexity index is 955. The molecule has 0 aliphatic carbocycles. The zero-order valence-corrected chi connectivity index (χ0v) is 13.9. The molecule has 1 aromatic heterocycles. The maximum atomic E-state index is 14.2. The van der Waals surface area contributed by atoms with E-state index in [9.17, 15) is 28.3 Å². The topological polar surface area (TPSA) is 111 Å². The van der Waals surface area contributed by atoms with Crippen molar-refractivity contribution in [2.24, 2.45) is 0 Å². The number of ketones is 1. The van der Waals surface area contributed by atoms with Crippen molar-refractivity contribution < 1.29 is 28.5 Å². The van der Waals surface area contributed by atoms with Crippen LogP contribution in [-0.4, -0.2) is 50.1 Å². The third-order valence-electron chi connectivity index (χ3n) is 4.31. The Hall–Kier alpha value is -2.69. The Labute approximate surface area is 150 Å². The predicted molar refractivity (Wildman–Crippen MR) is 87.6 cm³/mol. The lowest BCUT2D eigenvalue weighted by atomic mass is 10.1. The van der Waals surface area contributed by atoms with Gasteiger partial charge in [0.25, 0.3) is 5.56 Å². The number of benzene rings is 1. The minimum atomic E-state index is -2.02. The second-order valence-electron chi connectivity index (χ2n) is 6.04. The smallest absolute Gasteiger partial charge is 0.333 e. The number of halogens is 2. The number of rotatable bonds is 5. The van der Waals surface area contributed by atoms with Crippen LogP contribution in [0.3, 0.4) is 0 Å². The first-order valence-electron chi connectivity index (χ1n) is 8.02. The summed E-state index contributed by atoms with van der Waals surface area (Å²) >= 11 is 0. The van der Waals surface area contributed by atoms with Crippen LogP contribution in [0.15, 0.2) is 46.1 Å². The Morgan fingerprint density at radius 2 is 1.85 bits per heavy atom. The van der Waals surface area contributed by atoms with Gasteiger partial charge >= 0.3 is 5.69 Å². The van der Waals surface area contributed by atoms with Crippen LogP contribution in [0.25, 0.3) is 0 Å². The lowest BCUT2D eigenvalue weighted by Gasteiger charge is -2.17. The number of carbonyl (C=O) groups excluding carboxylic acids is 1. The van der Waals surface area contributed by atoms with Crippen LogP contribution in [0, 0.1) is 5.82 Å². The number of alkyl halides is 1. The Morgan fingerprint density at radius 3 is 2.44 bits per heavy atom. The number of carbonyl (C=O) groups is 1. The van der Waals surface area contributed by atoms with Gasteiger partial charge in [0.15, 0.2) is 18.2 Å². The zero-order chi connectivity index (χ0) is 19.7. The van der Waals surface area contributed by atoms with Gasteiger partial charge in [-0.1, -0.05) is 0 Å². The zero-order valence-electron chi connectivity index (χ0n) is 13.9. The highest BCUT2D eigenvalue weighted by molar-refractivity contribution is 5.95. The van der Waals surface area contributed by atoms with E-state index in [1.54, 1.807) is 0 Å². The van der Waals surface area contributed by atoms with Gasteiger partial charge < -0.3 is 14.9 Å². The molecule has 10 heteroatoms. The molecule has 0 radical (unpaired) electrons. The molecule has 2 N–H and O–H groups in total. The standard InChI is InChI=1S/C17H16F2N2O6/c18-10-3-1-9(2-4-10)11(23)7-21-13(24)5-6-20(17(21)26)16-14(19)15(25)12(8-22)27-16/h1-6,12,14-16,22,25H,7-8H2/t12-,14+,15+,16+/m0/s1. The predicted octanol–water partition coefficient (Wildman–Crippen LogP) is -0.379. The number of aliphatic hydroxyl groups is 2. The van der Waals surface area contributed by atoms with Gasteiger partial charge in [0.2, 0.25) is 0 Å². The van der Waals surface area contributed by atoms with Crippen LogP contribution >= 0.6 is 0 Å². The molecular formula is C17H16F2N2O6. The van der Waals surface area contributed by atoms with Crippen molar-refractivity contribution in [3.05, 3.63) is 68.7 Å². The lowest BCUT2D eigenvalue weighted by molar-refractivity contribution is -0.0496. The summed E-state index contributed by atoms with van der Waals surface area (Å²) in [5.41, 5.74) is -1.72. The number of hydrogen-bond donors (Lipinski definition) is 2. The Balaban J connectivity index is 1.93. The van der Waals surface area contributed by atoms with Crippen molar-refractivity contribution in [3.8, 4) is 0 Å². The van der Waals surface area contributed by atoms with Gasteiger partial charge in [0.1, 0.15) is 18.0 Å². The van der Waals surface area contributed by atoms with Crippen molar-refractivity contribution in [1.29, 1.82) is 0 Å². The molecule has 0 bridgehead atoms. The molecule has 1 aliphatic heterocycles. The molecule has 2 heterocycles. The molecular weight excluding hydrogens is 366 g/mol. The molecule has 3 rings (SSSR count). The largest absolute Gasteiger partial charge is 0.394 e. The molecule has 1 aromatic carbocycles. The summed E-state index contributed by atoms with van der Waals surface area (Å²) in [5.74, 6) is -1.17. The van der Waals surface area contributed by atoms with E-state index in [0.717, 1.165) is 29.0 Å². The fraction of sp³-hybridized carbons (Fsp3) is 0.353. The third-order valence-corrected chi connectivity index (χ3v) is 4.31. The van der Waals surface area contributed by atoms with Crippen molar-refractivity contribution >= 4 is 5.78 Å². The molecule has 1 fully saturated rings. The van der Waals surface area contributed by atoms with Crippen molar-refractivity contribution in [3.63, 3.8) is 0 Å². The van der Waals surface area contributed by atoms with Crippen LogP contribution in [0.2, 0.25) is 0 Å². The maximum absolute atomic E-state index is 14.2. The van der Waals surface area contributed by atoms with Gasteiger partial charge in [-0.05, 0) is 24.3 Å². The van der Waals surface area contributed by atoms with Crippen molar-refractivity contribution in [1.82, 2.24) is 9.13 Å². The second kappa shape index (κ2) is 7.51. The first-order chi connectivity index (χ1) is 12.8. The normalized spacial score (nSPS) is 24.9. The van der Waals surface area contributed by atoms with Crippen molar-refractivity contribution in [2.75, 3.05) is 6.61 Å². The summed E-state index contributed by atoms with van der Waals surface area (Å²) < 4.78 is 33.7. The van der Waals surface area contributed by atoms with Crippen LogP contribution in [0.1, 0.15) is 16.6 Å². The first-order valence-corrected chi connectivity index (χ1v) is 8.02. The monoisotopic (exact) mass is 382 g/mol. The van der Waals surface area contributed by atoms with E-state index in [1.807, 2.05) is 0 Å². The number of aliphatic hydroxyl groups excluding tert-OH is 2. The molecule has 4 atom stereocenters. The average Bonchev–Trinajstić information content (AvgIpc) is 2.94. The van der Waals surface area contributed by atoms with Crippen LogP contribution < -0.4 is 11.2 Å². The Morgan fingerprint density at radius 1 is 1.19 bits per heavy atom. The molecule has 0 unspecified atom stereocenters. The first kappa shape index (κ1) is 19.1. The summed E-state index contributed by atoms with van der Waals surface area (Å²) in [7, 11) is 0. The minimum absolute atomic E-state index is 0.0920.